The largest absolute Gasteiger partial charge is 0.466 e. The summed E-state index contributed by atoms with van der Waals surface area (Å²) >= 11 is 0. The van der Waals surface area contributed by atoms with Crippen LogP contribution in [0.25, 0.3) is 0 Å². The molecule has 1 rings (SSSR count). The zero-order chi connectivity index (χ0) is 9.84. The summed E-state index contributed by atoms with van der Waals surface area (Å²) in [4.78, 5) is 11.1. The van der Waals surface area contributed by atoms with Gasteiger partial charge >= 0.3 is 5.97 Å². The topological polar surface area (TPSA) is 26.3 Å². The average Bonchev–Trinajstić information content (AvgIpc) is 2.17. The third-order valence-electron chi connectivity index (χ3n) is 2.45. The fourth-order valence-corrected chi connectivity index (χ4v) is 1.51. The van der Waals surface area contributed by atoms with Crippen LogP contribution in [0.1, 0.15) is 33.1 Å². The van der Waals surface area contributed by atoms with E-state index in [1.54, 1.807) is 0 Å². The maximum atomic E-state index is 11.1. The summed E-state index contributed by atoms with van der Waals surface area (Å²) in [5.41, 5.74) is 3.65. The fourth-order valence-electron chi connectivity index (χ4n) is 1.51. The lowest BCUT2D eigenvalue weighted by Gasteiger charge is -2.15. The van der Waals surface area contributed by atoms with Crippen molar-refractivity contribution in [3.63, 3.8) is 0 Å². The summed E-state index contributed by atoms with van der Waals surface area (Å²) in [5.74, 6) is -0.173. The first-order valence-electron chi connectivity index (χ1n) is 4.57. The molecule has 0 saturated carbocycles. The number of hydrogen-bond donors (Lipinski definition) is 0. The van der Waals surface area contributed by atoms with E-state index in [1.807, 2.05) is 6.08 Å². The van der Waals surface area contributed by atoms with Gasteiger partial charge in [-0.3, -0.25) is 0 Å². The highest BCUT2D eigenvalue weighted by molar-refractivity contribution is 5.88. The Hall–Kier alpha value is -1.05. The Bertz CT molecular complexity index is 268. The highest BCUT2D eigenvalue weighted by atomic mass is 16.5. The first-order chi connectivity index (χ1) is 6.15. The molecule has 72 valence electrons. The van der Waals surface area contributed by atoms with Gasteiger partial charge in [-0.1, -0.05) is 17.2 Å². The molecule has 0 fully saturated rings. The molecule has 2 nitrogen and oxygen atoms in total. The van der Waals surface area contributed by atoms with E-state index in [0.717, 1.165) is 24.8 Å². The SMILES string of the molecule is COC(=O)C1=CCC(=C(C)C)CC1. The second-order valence-corrected chi connectivity index (χ2v) is 3.53. The Balaban J connectivity index is 2.68. The van der Waals surface area contributed by atoms with Gasteiger partial charge < -0.3 is 4.74 Å². The molecule has 0 spiro atoms. The van der Waals surface area contributed by atoms with Gasteiger partial charge in [-0.25, -0.2) is 4.79 Å². The molecular weight excluding hydrogens is 164 g/mol. The maximum absolute atomic E-state index is 11.1. The normalized spacial score (nSPS) is 16.5. The number of carbonyl (C=O) groups is 1. The van der Waals surface area contributed by atoms with Gasteiger partial charge in [-0.15, -0.1) is 0 Å². The zero-order valence-electron chi connectivity index (χ0n) is 8.52. The lowest BCUT2D eigenvalue weighted by Crippen LogP contribution is -2.08. The molecule has 0 aromatic rings. The summed E-state index contributed by atoms with van der Waals surface area (Å²) in [7, 11) is 1.43. The number of hydrogen-bond acceptors (Lipinski definition) is 2. The number of ether oxygens (including phenoxy) is 1. The molecule has 0 aromatic heterocycles. The molecule has 0 atom stereocenters. The smallest absolute Gasteiger partial charge is 0.333 e. The number of esters is 1. The monoisotopic (exact) mass is 180 g/mol. The minimum Gasteiger partial charge on any atom is -0.466 e. The van der Waals surface area contributed by atoms with Gasteiger partial charge in [0.05, 0.1) is 7.11 Å². The fraction of sp³-hybridized carbons (Fsp3) is 0.545. The van der Waals surface area contributed by atoms with E-state index in [0.29, 0.717) is 0 Å². The second kappa shape index (κ2) is 4.26. The third-order valence-corrected chi connectivity index (χ3v) is 2.45. The van der Waals surface area contributed by atoms with Crippen LogP contribution in [0.2, 0.25) is 0 Å². The predicted octanol–water partition coefficient (Wildman–Crippen LogP) is 2.61. The molecule has 1 aliphatic rings. The molecular formula is C11H16O2. The molecule has 2 heteroatoms. The summed E-state index contributed by atoms with van der Waals surface area (Å²) in [6.07, 6.45) is 4.72. The van der Waals surface area contributed by atoms with Crippen LogP contribution in [0.3, 0.4) is 0 Å². The van der Waals surface area contributed by atoms with E-state index in [4.69, 9.17) is 0 Å². The molecule has 0 unspecified atom stereocenters. The Morgan fingerprint density at radius 1 is 1.38 bits per heavy atom. The van der Waals surface area contributed by atoms with Crippen molar-refractivity contribution >= 4 is 5.97 Å². The Kier molecular flexibility index (Phi) is 3.29. The molecule has 0 aromatic carbocycles. The number of allylic oxidation sites excluding steroid dienone is 3. The van der Waals surface area contributed by atoms with E-state index in [1.165, 1.54) is 18.3 Å². The van der Waals surface area contributed by atoms with Crippen molar-refractivity contribution in [3.8, 4) is 0 Å². The van der Waals surface area contributed by atoms with E-state index in [2.05, 4.69) is 18.6 Å². The van der Waals surface area contributed by atoms with Gasteiger partial charge in [0.1, 0.15) is 0 Å². The van der Waals surface area contributed by atoms with Crippen LogP contribution in [0.15, 0.2) is 22.8 Å². The van der Waals surface area contributed by atoms with Crippen molar-refractivity contribution in [2.45, 2.75) is 33.1 Å². The van der Waals surface area contributed by atoms with Gasteiger partial charge in [0.2, 0.25) is 0 Å². The standard InChI is InChI=1S/C11H16O2/c1-8(2)9-4-6-10(7-5-9)11(12)13-3/h6H,4-5,7H2,1-3H3. The van der Waals surface area contributed by atoms with E-state index < -0.39 is 0 Å². The maximum Gasteiger partial charge on any atom is 0.333 e. The minimum absolute atomic E-state index is 0.173. The molecule has 0 bridgehead atoms. The first kappa shape index (κ1) is 10.0. The Morgan fingerprint density at radius 2 is 2.08 bits per heavy atom. The van der Waals surface area contributed by atoms with Crippen molar-refractivity contribution in [3.05, 3.63) is 22.8 Å². The van der Waals surface area contributed by atoms with Crippen molar-refractivity contribution in [2.75, 3.05) is 7.11 Å². The van der Waals surface area contributed by atoms with Crippen LogP contribution >= 0.6 is 0 Å². The number of rotatable bonds is 1. The highest BCUT2D eigenvalue weighted by Gasteiger charge is 2.14. The van der Waals surface area contributed by atoms with Crippen molar-refractivity contribution in [1.82, 2.24) is 0 Å². The van der Waals surface area contributed by atoms with Crippen molar-refractivity contribution in [2.24, 2.45) is 0 Å². The molecule has 0 amide bonds. The van der Waals surface area contributed by atoms with Crippen LogP contribution in [0.5, 0.6) is 0 Å². The summed E-state index contributed by atoms with van der Waals surface area (Å²) in [5, 5.41) is 0. The van der Waals surface area contributed by atoms with Crippen LogP contribution in [0.4, 0.5) is 0 Å². The third kappa shape index (κ3) is 2.44. The molecule has 13 heavy (non-hydrogen) atoms. The van der Waals surface area contributed by atoms with Gasteiger partial charge in [-0.2, -0.15) is 0 Å². The number of methoxy groups -OCH3 is 1. The zero-order valence-corrected chi connectivity index (χ0v) is 8.52. The molecule has 0 heterocycles. The van der Waals surface area contributed by atoms with E-state index >= 15 is 0 Å². The Labute approximate surface area is 79.3 Å². The van der Waals surface area contributed by atoms with Crippen LogP contribution in [-0.4, -0.2) is 13.1 Å². The quantitative estimate of drug-likeness (QED) is 0.458. The van der Waals surface area contributed by atoms with Crippen molar-refractivity contribution < 1.29 is 9.53 Å². The van der Waals surface area contributed by atoms with Crippen LogP contribution in [-0.2, 0) is 9.53 Å². The van der Waals surface area contributed by atoms with Gasteiger partial charge in [-0.05, 0) is 33.1 Å². The lowest BCUT2D eigenvalue weighted by molar-refractivity contribution is -0.136. The summed E-state index contributed by atoms with van der Waals surface area (Å²) < 4.78 is 4.66. The lowest BCUT2D eigenvalue weighted by atomic mass is 9.92. The van der Waals surface area contributed by atoms with Crippen LogP contribution < -0.4 is 0 Å². The predicted molar refractivity (Wildman–Crippen MR) is 52.3 cm³/mol. The average molecular weight is 180 g/mol. The highest BCUT2D eigenvalue weighted by Crippen LogP contribution is 2.25. The van der Waals surface area contributed by atoms with Crippen LogP contribution in [0, 0.1) is 0 Å². The molecule has 1 aliphatic carbocycles. The number of carbonyl (C=O) groups excluding carboxylic acids is 1. The Morgan fingerprint density at radius 3 is 2.46 bits per heavy atom. The molecule has 0 radical (unpaired) electrons. The van der Waals surface area contributed by atoms with Gasteiger partial charge in [0.25, 0.3) is 0 Å². The van der Waals surface area contributed by atoms with Crippen molar-refractivity contribution in [1.29, 1.82) is 0 Å². The second-order valence-electron chi connectivity index (χ2n) is 3.53. The molecule has 0 saturated heterocycles. The molecule has 0 N–H and O–H groups in total. The summed E-state index contributed by atoms with van der Waals surface area (Å²) in [6.45, 7) is 4.23. The van der Waals surface area contributed by atoms with E-state index in [-0.39, 0.29) is 5.97 Å². The van der Waals surface area contributed by atoms with Gasteiger partial charge in [0.15, 0.2) is 0 Å². The van der Waals surface area contributed by atoms with Gasteiger partial charge in [0, 0.05) is 5.57 Å². The minimum atomic E-state index is -0.173. The first-order valence-corrected chi connectivity index (χ1v) is 4.57. The molecule has 0 aliphatic heterocycles. The summed E-state index contributed by atoms with van der Waals surface area (Å²) in [6, 6.07) is 0. The van der Waals surface area contributed by atoms with E-state index in [9.17, 15) is 4.79 Å².